The number of allylic oxidation sites excluding steroid dienone is 8. The van der Waals surface area contributed by atoms with Crippen molar-refractivity contribution in [2.45, 2.75) is 77.9 Å². The van der Waals surface area contributed by atoms with Gasteiger partial charge in [0.25, 0.3) is 0 Å². The van der Waals surface area contributed by atoms with Crippen LogP contribution in [0.15, 0.2) is 48.1 Å². The van der Waals surface area contributed by atoms with E-state index in [0.717, 1.165) is 18.4 Å². The summed E-state index contributed by atoms with van der Waals surface area (Å²) in [5, 5.41) is 0. The molecule has 5 heteroatoms. The fourth-order valence-corrected chi connectivity index (χ4v) is 8.74. The second-order valence-electron chi connectivity index (χ2n) is 8.88. The van der Waals surface area contributed by atoms with Gasteiger partial charge in [-0.05, 0) is 67.5 Å². The van der Waals surface area contributed by atoms with Gasteiger partial charge in [-0.1, -0.05) is 75.8 Å². The first-order valence-corrected chi connectivity index (χ1v) is 14.0. The Kier molecular flexibility index (Phi) is 14.3. The first-order chi connectivity index (χ1) is 13.1. The fraction of sp³-hybridized carbons (Fsp3) is 0.680. The molecule has 0 aromatic carbocycles. The van der Waals surface area contributed by atoms with Crippen molar-refractivity contribution in [2.75, 3.05) is 6.61 Å². The van der Waals surface area contributed by atoms with Gasteiger partial charge in [0.15, 0.2) is 8.32 Å². The summed E-state index contributed by atoms with van der Waals surface area (Å²) < 4.78 is 6.75. The fourth-order valence-electron chi connectivity index (χ4n) is 6.09. The van der Waals surface area contributed by atoms with Gasteiger partial charge in [0.05, 0.1) is 0 Å². The minimum atomic E-state index is -1.51. The second kappa shape index (κ2) is 14.0. The van der Waals surface area contributed by atoms with E-state index in [4.69, 9.17) is 4.43 Å². The molecule has 0 aliphatic heterocycles. The molecule has 30 heavy (non-hydrogen) atoms. The zero-order valence-electron chi connectivity index (χ0n) is 19.3. The number of halogens is 2. The average molecular weight is 547 g/mol. The van der Waals surface area contributed by atoms with Crippen LogP contribution in [-0.4, -0.2) is 14.9 Å². The normalized spacial score (nSPS) is 24.3. The van der Waals surface area contributed by atoms with E-state index in [-0.39, 0.29) is 51.0 Å². The standard InChI is InChI=1S/C25H40OSi.2ClH.Zr/c1-5-25(22-14-10-11-15-22,19-20-26-27(6-2,7-3)8-4)24-18-17-21-13-9-12-16-23(21)24;;;/h9-12,14-16,21-22,24H,5-8,13,17-20H2,1-4H3;2*1H;/q;;;+2/p-2. The summed E-state index contributed by atoms with van der Waals surface area (Å²) in [5.41, 5.74) is 2.07. The molecule has 3 atom stereocenters. The molecule has 0 saturated heterocycles. The van der Waals surface area contributed by atoms with Crippen LogP contribution in [0.4, 0.5) is 0 Å². The minimum absolute atomic E-state index is 0. The summed E-state index contributed by atoms with van der Waals surface area (Å²) >= 11 is 0. The van der Waals surface area contributed by atoms with E-state index in [9.17, 15) is 0 Å². The minimum Gasteiger partial charge on any atom is -1.00 e. The predicted molar refractivity (Wildman–Crippen MR) is 120 cm³/mol. The zero-order chi connectivity index (χ0) is 19.3. The molecule has 3 aliphatic carbocycles. The Bertz CT molecular complexity index is 606. The summed E-state index contributed by atoms with van der Waals surface area (Å²) in [6.45, 7) is 10.4. The van der Waals surface area contributed by atoms with Gasteiger partial charge < -0.3 is 29.2 Å². The van der Waals surface area contributed by atoms with Crippen LogP contribution in [0.2, 0.25) is 18.1 Å². The van der Waals surface area contributed by atoms with Crippen molar-refractivity contribution in [1.29, 1.82) is 0 Å². The van der Waals surface area contributed by atoms with Gasteiger partial charge in [0.1, 0.15) is 0 Å². The van der Waals surface area contributed by atoms with Gasteiger partial charge in [0.2, 0.25) is 0 Å². The molecule has 3 rings (SSSR count). The topological polar surface area (TPSA) is 9.23 Å². The van der Waals surface area contributed by atoms with E-state index >= 15 is 0 Å². The molecule has 0 bridgehead atoms. The Labute approximate surface area is 218 Å². The second-order valence-corrected chi connectivity index (χ2v) is 13.7. The van der Waals surface area contributed by atoms with Crippen molar-refractivity contribution in [2.24, 2.45) is 23.2 Å². The molecule has 1 nitrogen and oxygen atoms in total. The maximum Gasteiger partial charge on any atom is 2.00 e. The molecule has 0 spiro atoms. The Morgan fingerprint density at radius 1 is 0.967 bits per heavy atom. The molecular formula is C25H40Cl2OSiZr. The van der Waals surface area contributed by atoms with Crippen molar-refractivity contribution >= 4 is 8.32 Å². The average Bonchev–Trinajstić information content (AvgIpc) is 3.40. The van der Waals surface area contributed by atoms with Crippen LogP contribution in [0.25, 0.3) is 0 Å². The molecule has 1 saturated carbocycles. The molecule has 0 aromatic heterocycles. The van der Waals surface area contributed by atoms with E-state index < -0.39 is 8.32 Å². The molecule has 0 aromatic rings. The quantitative estimate of drug-likeness (QED) is 0.377. The van der Waals surface area contributed by atoms with Gasteiger partial charge in [-0.2, -0.15) is 0 Å². The molecule has 3 unspecified atom stereocenters. The Balaban J connectivity index is 0.00000280. The maximum absolute atomic E-state index is 6.75. The van der Waals surface area contributed by atoms with Gasteiger partial charge in [-0.25, -0.2) is 0 Å². The van der Waals surface area contributed by atoms with E-state index in [1.54, 1.807) is 5.57 Å². The molecule has 0 N–H and O–H groups in total. The van der Waals surface area contributed by atoms with Crippen molar-refractivity contribution in [3.8, 4) is 0 Å². The predicted octanol–water partition coefficient (Wildman–Crippen LogP) is 1.45. The van der Waals surface area contributed by atoms with Crippen molar-refractivity contribution < 1.29 is 55.4 Å². The largest absolute Gasteiger partial charge is 2.00 e. The molecule has 168 valence electrons. The summed E-state index contributed by atoms with van der Waals surface area (Å²) in [7, 11) is -1.51. The monoisotopic (exact) mass is 544 g/mol. The Hall–Kier alpha value is 0.600. The van der Waals surface area contributed by atoms with Crippen molar-refractivity contribution in [3.05, 3.63) is 48.1 Å². The summed E-state index contributed by atoms with van der Waals surface area (Å²) in [4.78, 5) is 0. The number of hydrogen-bond donors (Lipinski definition) is 0. The summed E-state index contributed by atoms with van der Waals surface area (Å²) in [5.74, 6) is 2.10. The van der Waals surface area contributed by atoms with E-state index in [2.05, 4.69) is 70.2 Å². The van der Waals surface area contributed by atoms with Crippen LogP contribution < -0.4 is 24.8 Å². The molecule has 3 aliphatic rings. The summed E-state index contributed by atoms with van der Waals surface area (Å²) in [6.07, 6.45) is 23.0. The first-order valence-electron chi connectivity index (χ1n) is 11.5. The smallest absolute Gasteiger partial charge is 1.00 e. The van der Waals surface area contributed by atoms with Gasteiger partial charge in [-0.3, -0.25) is 0 Å². The summed E-state index contributed by atoms with van der Waals surface area (Å²) in [6, 6.07) is 3.76. The van der Waals surface area contributed by atoms with E-state index in [1.807, 2.05) is 0 Å². The number of hydrogen-bond acceptors (Lipinski definition) is 1. The molecule has 1 fully saturated rings. The Morgan fingerprint density at radius 2 is 1.60 bits per heavy atom. The third-order valence-electron chi connectivity index (χ3n) is 8.20. The van der Waals surface area contributed by atoms with Crippen LogP contribution in [0, 0.1) is 23.2 Å². The third kappa shape index (κ3) is 6.13. The van der Waals surface area contributed by atoms with Crippen LogP contribution in [0.3, 0.4) is 0 Å². The van der Waals surface area contributed by atoms with Crippen molar-refractivity contribution in [1.82, 2.24) is 0 Å². The number of fused-ring (bicyclic) bond motifs is 1. The zero-order valence-corrected chi connectivity index (χ0v) is 24.3. The van der Waals surface area contributed by atoms with Crippen LogP contribution >= 0.6 is 0 Å². The van der Waals surface area contributed by atoms with Gasteiger partial charge in [0, 0.05) is 12.5 Å². The van der Waals surface area contributed by atoms with Gasteiger partial charge in [-0.15, -0.1) is 0 Å². The molecular weight excluding hydrogens is 506 g/mol. The Morgan fingerprint density at radius 3 is 2.17 bits per heavy atom. The van der Waals surface area contributed by atoms with Crippen LogP contribution in [0.5, 0.6) is 0 Å². The SMILES string of the molecule is CCC(CCO[Si](CC)(CC)CC)(C1C=CC=C1)C1CCC2CC=CC=C21.[Cl-].[Cl-].[Zr+2]. The van der Waals surface area contributed by atoms with Gasteiger partial charge >= 0.3 is 26.2 Å². The molecule has 0 radical (unpaired) electrons. The molecule has 0 heterocycles. The van der Waals surface area contributed by atoms with Crippen LogP contribution in [-0.2, 0) is 30.6 Å². The van der Waals surface area contributed by atoms with E-state index in [0.29, 0.717) is 11.3 Å². The van der Waals surface area contributed by atoms with Crippen LogP contribution in [0.1, 0.15) is 59.8 Å². The first kappa shape index (κ1) is 30.6. The molecule has 0 amide bonds. The van der Waals surface area contributed by atoms with E-state index in [1.165, 1.54) is 50.2 Å². The number of rotatable bonds is 10. The maximum atomic E-state index is 6.75. The third-order valence-corrected chi connectivity index (χ3v) is 12.9. The van der Waals surface area contributed by atoms with Crippen molar-refractivity contribution in [3.63, 3.8) is 0 Å².